The Hall–Kier alpha value is -2.22. The SMILES string of the molecule is Nc1ccc(/C=C\c2ccccc2N)cc1. The molecule has 2 aromatic carbocycles. The molecular formula is C14H14N2. The highest BCUT2D eigenvalue weighted by Gasteiger charge is 1.92. The van der Waals surface area contributed by atoms with Crippen molar-refractivity contribution in [3.63, 3.8) is 0 Å². The Morgan fingerprint density at radius 3 is 2.12 bits per heavy atom. The van der Waals surface area contributed by atoms with Crippen molar-refractivity contribution in [1.29, 1.82) is 0 Å². The van der Waals surface area contributed by atoms with Gasteiger partial charge in [-0.3, -0.25) is 0 Å². The van der Waals surface area contributed by atoms with E-state index in [0.29, 0.717) is 0 Å². The third-order valence-electron chi connectivity index (χ3n) is 2.39. The van der Waals surface area contributed by atoms with Crippen LogP contribution in [0.4, 0.5) is 11.4 Å². The van der Waals surface area contributed by atoms with Crippen LogP contribution in [0.15, 0.2) is 48.5 Å². The Balaban J connectivity index is 2.21. The average molecular weight is 210 g/mol. The fraction of sp³-hybridized carbons (Fsp3) is 0. The Morgan fingerprint density at radius 1 is 0.750 bits per heavy atom. The van der Waals surface area contributed by atoms with Crippen molar-refractivity contribution in [3.05, 3.63) is 59.7 Å². The monoisotopic (exact) mass is 210 g/mol. The van der Waals surface area contributed by atoms with Crippen LogP contribution in [0.1, 0.15) is 11.1 Å². The van der Waals surface area contributed by atoms with Crippen LogP contribution in [0.2, 0.25) is 0 Å². The van der Waals surface area contributed by atoms with Crippen LogP contribution in [-0.4, -0.2) is 0 Å². The van der Waals surface area contributed by atoms with E-state index in [-0.39, 0.29) is 0 Å². The van der Waals surface area contributed by atoms with Gasteiger partial charge < -0.3 is 11.5 Å². The van der Waals surface area contributed by atoms with Gasteiger partial charge in [-0.15, -0.1) is 0 Å². The van der Waals surface area contributed by atoms with Crippen molar-refractivity contribution >= 4 is 23.5 Å². The molecule has 0 unspecified atom stereocenters. The molecule has 0 saturated heterocycles. The van der Waals surface area contributed by atoms with E-state index in [1.54, 1.807) is 0 Å². The van der Waals surface area contributed by atoms with Gasteiger partial charge in [0.05, 0.1) is 0 Å². The summed E-state index contributed by atoms with van der Waals surface area (Å²) in [5.41, 5.74) is 15.1. The second-order valence-corrected chi connectivity index (χ2v) is 3.63. The number of nitrogen functional groups attached to an aromatic ring is 2. The zero-order chi connectivity index (χ0) is 11.4. The Bertz CT molecular complexity index is 498. The van der Waals surface area contributed by atoms with Crippen LogP contribution in [0.3, 0.4) is 0 Å². The van der Waals surface area contributed by atoms with Gasteiger partial charge in [0, 0.05) is 11.4 Å². The summed E-state index contributed by atoms with van der Waals surface area (Å²) in [7, 11) is 0. The van der Waals surface area contributed by atoms with Crippen LogP contribution >= 0.6 is 0 Å². The maximum atomic E-state index is 5.84. The first-order chi connectivity index (χ1) is 7.75. The highest BCUT2D eigenvalue weighted by Crippen LogP contribution is 2.15. The van der Waals surface area contributed by atoms with E-state index < -0.39 is 0 Å². The van der Waals surface area contributed by atoms with E-state index in [1.165, 1.54) is 0 Å². The lowest BCUT2D eigenvalue weighted by Crippen LogP contribution is -1.87. The molecule has 2 rings (SSSR count). The minimum atomic E-state index is 0.774. The third kappa shape index (κ3) is 2.42. The molecule has 0 spiro atoms. The van der Waals surface area contributed by atoms with Gasteiger partial charge in [-0.05, 0) is 29.3 Å². The molecule has 2 nitrogen and oxygen atoms in total. The first-order valence-corrected chi connectivity index (χ1v) is 5.14. The summed E-state index contributed by atoms with van der Waals surface area (Å²) in [6.45, 7) is 0. The van der Waals surface area contributed by atoms with Gasteiger partial charge in [-0.2, -0.15) is 0 Å². The molecule has 80 valence electrons. The molecule has 0 fully saturated rings. The number of rotatable bonds is 2. The Morgan fingerprint density at radius 2 is 1.44 bits per heavy atom. The van der Waals surface area contributed by atoms with Crippen molar-refractivity contribution in [1.82, 2.24) is 0 Å². The van der Waals surface area contributed by atoms with E-state index in [4.69, 9.17) is 11.5 Å². The predicted octanol–water partition coefficient (Wildman–Crippen LogP) is 3.02. The lowest BCUT2D eigenvalue weighted by atomic mass is 10.1. The van der Waals surface area contributed by atoms with Crippen LogP contribution in [0.5, 0.6) is 0 Å². The van der Waals surface area contributed by atoms with E-state index >= 15 is 0 Å². The van der Waals surface area contributed by atoms with Crippen molar-refractivity contribution < 1.29 is 0 Å². The van der Waals surface area contributed by atoms with Crippen LogP contribution < -0.4 is 11.5 Å². The first-order valence-electron chi connectivity index (χ1n) is 5.14. The summed E-state index contributed by atoms with van der Waals surface area (Å²) >= 11 is 0. The molecule has 0 saturated carbocycles. The largest absolute Gasteiger partial charge is 0.399 e. The summed E-state index contributed by atoms with van der Waals surface area (Å²) in [6, 6.07) is 15.5. The topological polar surface area (TPSA) is 52.0 Å². The normalized spacial score (nSPS) is 10.8. The van der Waals surface area contributed by atoms with Crippen molar-refractivity contribution in [2.45, 2.75) is 0 Å². The third-order valence-corrected chi connectivity index (χ3v) is 2.39. The van der Waals surface area contributed by atoms with Gasteiger partial charge >= 0.3 is 0 Å². The minimum absolute atomic E-state index is 0.774. The molecule has 0 radical (unpaired) electrons. The first kappa shape index (κ1) is 10.3. The lowest BCUT2D eigenvalue weighted by molar-refractivity contribution is 1.63. The standard InChI is InChI=1S/C14H14N2/c15-13-9-6-11(7-10-13)5-8-12-3-1-2-4-14(12)16/h1-10H,15-16H2/b8-5-. The zero-order valence-electron chi connectivity index (χ0n) is 8.93. The van der Waals surface area contributed by atoms with E-state index in [0.717, 1.165) is 22.5 Å². The minimum Gasteiger partial charge on any atom is -0.399 e. The molecule has 0 aliphatic carbocycles. The second-order valence-electron chi connectivity index (χ2n) is 3.63. The van der Waals surface area contributed by atoms with Crippen molar-refractivity contribution in [2.24, 2.45) is 0 Å². The van der Waals surface area contributed by atoms with Crippen molar-refractivity contribution in [3.8, 4) is 0 Å². The molecule has 2 heteroatoms. The average Bonchev–Trinajstić information content (AvgIpc) is 2.30. The molecule has 4 N–H and O–H groups in total. The highest BCUT2D eigenvalue weighted by molar-refractivity contribution is 5.75. The van der Waals surface area contributed by atoms with Crippen LogP contribution in [0, 0.1) is 0 Å². The van der Waals surface area contributed by atoms with Crippen LogP contribution in [-0.2, 0) is 0 Å². The Kier molecular flexibility index (Phi) is 2.92. The molecule has 0 aliphatic heterocycles. The van der Waals surface area contributed by atoms with Gasteiger partial charge in [0.25, 0.3) is 0 Å². The van der Waals surface area contributed by atoms with Gasteiger partial charge in [0.2, 0.25) is 0 Å². The number of hydrogen-bond acceptors (Lipinski definition) is 2. The molecular weight excluding hydrogens is 196 g/mol. The highest BCUT2D eigenvalue weighted by atomic mass is 14.5. The maximum Gasteiger partial charge on any atom is 0.0387 e. The summed E-state index contributed by atoms with van der Waals surface area (Å²) in [6.07, 6.45) is 4.02. The number of hydrogen-bond donors (Lipinski definition) is 2. The number of para-hydroxylation sites is 1. The molecule has 0 heterocycles. The molecule has 0 atom stereocenters. The smallest absolute Gasteiger partial charge is 0.0387 e. The van der Waals surface area contributed by atoms with Gasteiger partial charge in [0.15, 0.2) is 0 Å². The summed E-state index contributed by atoms with van der Waals surface area (Å²) in [4.78, 5) is 0. The number of anilines is 2. The van der Waals surface area contributed by atoms with Crippen molar-refractivity contribution in [2.75, 3.05) is 11.5 Å². The van der Waals surface area contributed by atoms with E-state index in [2.05, 4.69) is 0 Å². The fourth-order valence-electron chi connectivity index (χ4n) is 1.46. The Labute approximate surface area is 95.2 Å². The van der Waals surface area contributed by atoms with Gasteiger partial charge in [0.1, 0.15) is 0 Å². The number of nitrogens with two attached hydrogens (primary N) is 2. The quantitative estimate of drug-likeness (QED) is 0.591. The molecule has 2 aromatic rings. The predicted molar refractivity (Wildman–Crippen MR) is 70.6 cm³/mol. The summed E-state index contributed by atoms with van der Waals surface area (Å²) in [5, 5.41) is 0. The number of benzene rings is 2. The second kappa shape index (κ2) is 4.53. The fourth-order valence-corrected chi connectivity index (χ4v) is 1.46. The van der Waals surface area contributed by atoms with E-state index in [1.807, 2.05) is 60.7 Å². The molecule has 0 bridgehead atoms. The lowest BCUT2D eigenvalue weighted by Gasteiger charge is -1.99. The maximum absolute atomic E-state index is 5.84. The summed E-state index contributed by atoms with van der Waals surface area (Å²) < 4.78 is 0. The molecule has 0 amide bonds. The van der Waals surface area contributed by atoms with Crippen LogP contribution in [0.25, 0.3) is 12.2 Å². The van der Waals surface area contributed by atoms with Gasteiger partial charge in [-0.25, -0.2) is 0 Å². The van der Waals surface area contributed by atoms with Gasteiger partial charge in [-0.1, -0.05) is 42.5 Å². The summed E-state index contributed by atoms with van der Waals surface area (Å²) in [5.74, 6) is 0. The van der Waals surface area contributed by atoms with E-state index in [9.17, 15) is 0 Å². The molecule has 16 heavy (non-hydrogen) atoms. The molecule has 0 aromatic heterocycles. The zero-order valence-corrected chi connectivity index (χ0v) is 8.93. The molecule has 0 aliphatic rings.